The monoisotopic (exact) mass is 473 g/mol. The number of aliphatic hydroxyl groups is 1. The van der Waals surface area contributed by atoms with Gasteiger partial charge in [0.05, 0.1) is 30.4 Å². The average Bonchev–Trinajstić information content (AvgIpc) is 2.65. The molecule has 1 amide bonds. The Morgan fingerprint density at radius 3 is 2.52 bits per heavy atom. The first kappa shape index (κ1) is 22.9. The minimum atomic E-state index is -0.835. The first-order valence-electron chi connectivity index (χ1n) is 8.90. The third-order valence-corrected chi connectivity index (χ3v) is 4.96. The number of hydrogen-bond acceptors (Lipinski definition) is 8. The number of nitro groups is 1. The minimum absolute atomic E-state index is 0.193. The molecule has 1 atom stereocenters. The van der Waals surface area contributed by atoms with Gasteiger partial charge in [-0.2, -0.15) is 0 Å². The smallest absolute Gasteiger partial charge is 0.410 e. The molecular formula is C18H24BrN3O7. The van der Waals surface area contributed by atoms with Gasteiger partial charge in [-0.3, -0.25) is 10.1 Å². The van der Waals surface area contributed by atoms with Crippen molar-refractivity contribution in [1.82, 2.24) is 4.90 Å². The van der Waals surface area contributed by atoms with E-state index in [9.17, 15) is 24.8 Å². The fourth-order valence-electron chi connectivity index (χ4n) is 3.02. The maximum Gasteiger partial charge on any atom is 0.410 e. The van der Waals surface area contributed by atoms with Gasteiger partial charge in [-0.15, -0.1) is 0 Å². The molecule has 1 fully saturated rings. The molecule has 1 unspecified atom stereocenters. The van der Waals surface area contributed by atoms with E-state index in [2.05, 4.69) is 20.7 Å². The standard InChI is InChI=1S/C18H24BrN3O7/c1-18(2,3)29-17(25)20-5-6-21(11(9-20)10-23)15-7-12(16(24)28-4)14(22(26)27)8-13(15)19/h7-8,11,23H,5-6,9-10H2,1-4H3. The summed E-state index contributed by atoms with van der Waals surface area (Å²) in [5.41, 5.74) is -0.735. The van der Waals surface area contributed by atoms with Crippen molar-refractivity contribution in [3.8, 4) is 0 Å². The van der Waals surface area contributed by atoms with E-state index in [1.807, 2.05) is 0 Å². The normalized spacial score (nSPS) is 17.1. The van der Waals surface area contributed by atoms with Crippen LogP contribution in [0.3, 0.4) is 0 Å². The summed E-state index contributed by atoms with van der Waals surface area (Å²) in [6.45, 7) is 5.90. The van der Waals surface area contributed by atoms with Crippen LogP contribution in [0.15, 0.2) is 16.6 Å². The van der Waals surface area contributed by atoms with E-state index < -0.39 is 28.6 Å². The number of hydrogen-bond donors (Lipinski definition) is 1. The quantitative estimate of drug-likeness (QED) is 0.402. The first-order chi connectivity index (χ1) is 13.5. The lowest BCUT2D eigenvalue weighted by Crippen LogP contribution is -2.57. The molecule has 29 heavy (non-hydrogen) atoms. The van der Waals surface area contributed by atoms with Gasteiger partial charge in [0.2, 0.25) is 0 Å². The molecule has 1 aromatic rings. The lowest BCUT2D eigenvalue weighted by molar-refractivity contribution is -0.385. The van der Waals surface area contributed by atoms with Gasteiger partial charge in [0, 0.05) is 30.2 Å². The van der Waals surface area contributed by atoms with Gasteiger partial charge in [0.1, 0.15) is 11.2 Å². The second-order valence-corrected chi connectivity index (χ2v) is 8.38. The van der Waals surface area contributed by atoms with Crippen LogP contribution >= 0.6 is 15.9 Å². The topological polar surface area (TPSA) is 122 Å². The zero-order valence-electron chi connectivity index (χ0n) is 16.7. The molecule has 0 aliphatic carbocycles. The number of halogens is 1. The van der Waals surface area contributed by atoms with Crippen LogP contribution in [-0.4, -0.2) is 72.0 Å². The summed E-state index contributed by atoms with van der Waals surface area (Å²) in [4.78, 5) is 38.3. The summed E-state index contributed by atoms with van der Waals surface area (Å²) >= 11 is 3.31. The second kappa shape index (κ2) is 8.95. The summed E-state index contributed by atoms with van der Waals surface area (Å²) in [6, 6.07) is 2.11. The van der Waals surface area contributed by atoms with Gasteiger partial charge in [-0.05, 0) is 42.8 Å². The number of esters is 1. The third-order valence-electron chi connectivity index (χ3n) is 4.32. The number of amides is 1. The number of rotatable bonds is 4. The molecule has 1 aromatic carbocycles. The molecule has 1 saturated heterocycles. The second-order valence-electron chi connectivity index (χ2n) is 7.53. The zero-order chi connectivity index (χ0) is 21.9. The Morgan fingerprint density at radius 2 is 2.00 bits per heavy atom. The summed E-state index contributed by atoms with van der Waals surface area (Å²) in [7, 11) is 1.14. The summed E-state index contributed by atoms with van der Waals surface area (Å²) < 4.78 is 10.4. The van der Waals surface area contributed by atoms with Crippen LogP contribution in [0, 0.1) is 10.1 Å². The Bertz CT molecular complexity index is 809. The molecule has 1 N–H and O–H groups in total. The molecule has 1 heterocycles. The highest BCUT2D eigenvalue weighted by Gasteiger charge is 2.34. The number of ether oxygens (including phenoxy) is 2. The molecule has 1 aliphatic rings. The van der Waals surface area contributed by atoms with E-state index in [4.69, 9.17) is 4.74 Å². The molecule has 0 aromatic heterocycles. The number of nitro benzene ring substituents is 1. The van der Waals surface area contributed by atoms with Crippen LogP contribution in [0.4, 0.5) is 16.2 Å². The van der Waals surface area contributed by atoms with Gasteiger partial charge < -0.3 is 24.4 Å². The molecule has 2 rings (SSSR count). The first-order valence-corrected chi connectivity index (χ1v) is 9.69. The molecule has 1 aliphatic heterocycles. The summed E-state index contributed by atoms with van der Waals surface area (Å²) in [5, 5.41) is 21.2. The highest BCUT2D eigenvalue weighted by molar-refractivity contribution is 9.10. The number of piperazine rings is 1. The van der Waals surface area contributed by atoms with Gasteiger partial charge in [-0.25, -0.2) is 9.59 Å². The van der Waals surface area contributed by atoms with E-state index in [0.717, 1.165) is 7.11 Å². The van der Waals surface area contributed by atoms with E-state index >= 15 is 0 Å². The average molecular weight is 474 g/mol. The summed E-state index contributed by atoms with van der Waals surface area (Å²) in [5.74, 6) is -0.835. The van der Waals surface area contributed by atoms with Crippen molar-refractivity contribution in [2.45, 2.75) is 32.4 Å². The molecule has 160 valence electrons. The highest BCUT2D eigenvalue weighted by atomic mass is 79.9. The molecule has 11 heteroatoms. The van der Waals surface area contributed by atoms with Crippen LogP contribution in [-0.2, 0) is 9.47 Å². The largest absolute Gasteiger partial charge is 0.465 e. The molecule has 0 radical (unpaired) electrons. The third kappa shape index (κ3) is 5.36. The van der Waals surface area contributed by atoms with Crippen molar-refractivity contribution in [2.24, 2.45) is 0 Å². The number of carbonyl (C=O) groups is 2. The lowest BCUT2D eigenvalue weighted by atomic mass is 10.1. The van der Waals surface area contributed by atoms with Crippen molar-refractivity contribution in [3.05, 3.63) is 32.3 Å². The Labute approximate surface area is 176 Å². The molecular weight excluding hydrogens is 450 g/mol. The maximum absolute atomic E-state index is 12.3. The van der Waals surface area contributed by atoms with Gasteiger partial charge in [-0.1, -0.05) is 0 Å². The van der Waals surface area contributed by atoms with Crippen LogP contribution in [0.5, 0.6) is 0 Å². The molecule has 0 bridgehead atoms. The summed E-state index contributed by atoms with van der Waals surface area (Å²) in [6.07, 6.45) is -0.478. The van der Waals surface area contributed by atoms with Crippen LogP contribution in [0.2, 0.25) is 0 Å². The van der Waals surface area contributed by atoms with Crippen LogP contribution in [0.1, 0.15) is 31.1 Å². The SMILES string of the molecule is COC(=O)c1cc(N2CCN(C(=O)OC(C)(C)C)CC2CO)c(Br)cc1[N+](=O)[O-]. The van der Waals surface area contributed by atoms with Gasteiger partial charge in [0.25, 0.3) is 5.69 Å². The van der Waals surface area contributed by atoms with Crippen molar-refractivity contribution in [3.63, 3.8) is 0 Å². The fraction of sp³-hybridized carbons (Fsp3) is 0.556. The molecule has 10 nitrogen and oxygen atoms in total. The zero-order valence-corrected chi connectivity index (χ0v) is 18.3. The minimum Gasteiger partial charge on any atom is -0.465 e. The van der Waals surface area contributed by atoms with Crippen molar-refractivity contribution in [1.29, 1.82) is 0 Å². The van der Waals surface area contributed by atoms with E-state index in [1.165, 1.54) is 17.0 Å². The predicted molar refractivity (Wildman–Crippen MR) is 108 cm³/mol. The number of aliphatic hydroxyl groups excluding tert-OH is 1. The van der Waals surface area contributed by atoms with E-state index in [0.29, 0.717) is 23.2 Å². The fourth-order valence-corrected chi connectivity index (χ4v) is 3.58. The Morgan fingerprint density at radius 1 is 1.34 bits per heavy atom. The van der Waals surface area contributed by atoms with E-state index in [1.54, 1.807) is 25.7 Å². The Balaban J connectivity index is 2.34. The van der Waals surface area contributed by atoms with Gasteiger partial charge >= 0.3 is 12.1 Å². The predicted octanol–water partition coefficient (Wildman–Crippen LogP) is 2.56. The molecule has 0 saturated carbocycles. The van der Waals surface area contributed by atoms with E-state index in [-0.39, 0.29) is 24.4 Å². The number of benzene rings is 1. The highest BCUT2D eigenvalue weighted by Crippen LogP contribution is 2.35. The van der Waals surface area contributed by atoms with Crippen molar-refractivity contribution < 1.29 is 29.1 Å². The number of methoxy groups -OCH3 is 1. The van der Waals surface area contributed by atoms with Crippen molar-refractivity contribution >= 4 is 39.4 Å². The van der Waals surface area contributed by atoms with Gasteiger partial charge in [0.15, 0.2) is 0 Å². The number of nitrogens with zero attached hydrogens (tertiary/aromatic N) is 3. The van der Waals surface area contributed by atoms with Crippen molar-refractivity contribution in [2.75, 3.05) is 38.3 Å². The van der Waals surface area contributed by atoms with Crippen LogP contribution < -0.4 is 4.90 Å². The lowest BCUT2D eigenvalue weighted by Gasteiger charge is -2.42. The Hall–Kier alpha value is -2.40. The number of carbonyl (C=O) groups excluding carboxylic acids is 2. The maximum atomic E-state index is 12.3. The number of anilines is 1. The van der Waals surface area contributed by atoms with Crippen LogP contribution in [0.25, 0.3) is 0 Å². The Kier molecular flexibility index (Phi) is 7.06. The molecule has 0 spiro atoms.